The van der Waals surface area contributed by atoms with E-state index < -0.39 is 26.7 Å². The Balaban J connectivity index is 1.89. The van der Waals surface area contributed by atoms with Crippen molar-refractivity contribution < 1.29 is 26.5 Å². The molecule has 0 radical (unpaired) electrons. The number of anilines is 1. The molecule has 0 spiro atoms. The number of nitrogens with zero attached hydrogens (tertiary/aromatic N) is 1. The summed E-state index contributed by atoms with van der Waals surface area (Å²) in [5, 5.41) is 13.4. The van der Waals surface area contributed by atoms with E-state index in [2.05, 4.69) is 10.0 Å². The molecule has 0 fully saturated rings. The average molecular weight is 389 g/mol. The summed E-state index contributed by atoms with van der Waals surface area (Å²) in [6.07, 6.45) is -4.54. The summed E-state index contributed by atoms with van der Waals surface area (Å²) in [4.78, 5) is 9.72. The van der Waals surface area contributed by atoms with Gasteiger partial charge in [-0.25, -0.2) is 13.1 Å². The van der Waals surface area contributed by atoms with E-state index in [0.29, 0.717) is 17.8 Å². The summed E-state index contributed by atoms with van der Waals surface area (Å²) in [5.74, 6) is 0. The Bertz CT molecular complexity index is 867. The SMILES string of the molecule is O=[N+]([O-])c1ccc(NCCNS(=O)(=O)c2ccc(C(F)(F)F)cc2)cc1. The summed E-state index contributed by atoms with van der Waals surface area (Å²) in [7, 11) is -3.94. The second kappa shape index (κ2) is 7.70. The number of rotatable bonds is 7. The van der Waals surface area contributed by atoms with E-state index in [4.69, 9.17) is 0 Å². The summed E-state index contributed by atoms with van der Waals surface area (Å²) < 4.78 is 63.8. The van der Waals surface area contributed by atoms with Gasteiger partial charge in [0.25, 0.3) is 5.69 Å². The van der Waals surface area contributed by atoms with Crippen molar-refractivity contribution in [2.24, 2.45) is 0 Å². The molecule has 11 heteroatoms. The normalized spacial score (nSPS) is 12.0. The van der Waals surface area contributed by atoms with Crippen LogP contribution < -0.4 is 10.0 Å². The third kappa shape index (κ3) is 5.17. The van der Waals surface area contributed by atoms with E-state index >= 15 is 0 Å². The molecular weight excluding hydrogens is 375 g/mol. The number of alkyl halides is 3. The molecule has 2 rings (SSSR count). The lowest BCUT2D eigenvalue weighted by Gasteiger charge is -2.10. The predicted octanol–water partition coefficient (Wildman–Crippen LogP) is 3.00. The minimum absolute atomic E-state index is 0.0274. The zero-order valence-electron chi connectivity index (χ0n) is 13.2. The number of nitro benzene ring substituents is 1. The van der Waals surface area contributed by atoms with Crippen molar-refractivity contribution in [3.05, 3.63) is 64.2 Å². The molecule has 0 bridgehead atoms. The molecule has 0 aliphatic carbocycles. The number of sulfonamides is 1. The molecule has 2 N–H and O–H groups in total. The molecule has 26 heavy (non-hydrogen) atoms. The molecule has 0 aliphatic heterocycles. The second-order valence-corrected chi connectivity index (χ2v) is 6.92. The van der Waals surface area contributed by atoms with Crippen molar-refractivity contribution in [2.45, 2.75) is 11.1 Å². The van der Waals surface area contributed by atoms with Gasteiger partial charge in [0.2, 0.25) is 10.0 Å². The highest BCUT2D eigenvalue weighted by atomic mass is 32.2. The van der Waals surface area contributed by atoms with Crippen LogP contribution in [0.4, 0.5) is 24.5 Å². The Morgan fingerprint density at radius 1 is 0.962 bits per heavy atom. The van der Waals surface area contributed by atoms with Gasteiger partial charge < -0.3 is 5.32 Å². The predicted molar refractivity (Wildman–Crippen MR) is 88.2 cm³/mol. The van der Waals surface area contributed by atoms with Crippen molar-refractivity contribution in [3.63, 3.8) is 0 Å². The van der Waals surface area contributed by atoms with Crippen LogP contribution in [0.5, 0.6) is 0 Å². The third-order valence-electron chi connectivity index (χ3n) is 3.32. The number of hydrogen-bond acceptors (Lipinski definition) is 5. The summed E-state index contributed by atoms with van der Waals surface area (Å²) in [6, 6.07) is 8.71. The van der Waals surface area contributed by atoms with Gasteiger partial charge in [-0.2, -0.15) is 13.2 Å². The second-order valence-electron chi connectivity index (χ2n) is 5.15. The van der Waals surface area contributed by atoms with Gasteiger partial charge >= 0.3 is 6.18 Å². The van der Waals surface area contributed by atoms with Crippen LogP contribution in [0.1, 0.15) is 5.56 Å². The van der Waals surface area contributed by atoms with E-state index in [1.54, 1.807) is 0 Å². The fraction of sp³-hybridized carbons (Fsp3) is 0.200. The number of hydrogen-bond donors (Lipinski definition) is 2. The van der Waals surface area contributed by atoms with Crippen LogP contribution in [0.15, 0.2) is 53.4 Å². The van der Waals surface area contributed by atoms with Crippen LogP contribution in [0, 0.1) is 10.1 Å². The maximum Gasteiger partial charge on any atom is 0.416 e. The first kappa shape index (κ1) is 19.7. The van der Waals surface area contributed by atoms with Crippen molar-refractivity contribution in [2.75, 3.05) is 18.4 Å². The van der Waals surface area contributed by atoms with Crippen LogP contribution in [0.2, 0.25) is 0 Å². The highest BCUT2D eigenvalue weighted by Gasteiger charge is 2.30. The van der Waals surface area contributed by atoms with E-state index in [1.807, 2.05) is 0 Å². The van der Waals surface area contributed by atoms with E-state index in [-0.39, 0.29) is 23.7 Å². The molecule has 140 valence electrons. The van der Waals surface area contributed by atoms with Gasteiger partial charge in [-0.3, -0.25) is 10.1 Å². The number of nitrogens with one attached hydrogen (secondary N) is 2. The van der Waals surface area contributed by atoms with Gasteiger partial charge in [0, 0.05) is 30.9 Å². The Morgan fingerprint density at radius 3 is 2.04 bits per heavy atom. The summed E-state index contributed by atoms with van der Waals surface area (Å²) in [5.41, 5.74) is -0.445. The average Bonchev–Trinajstić information content (AvgIpc) is 2.58. The lowest BCUT2D eigenvalue weighted by atomic mass is 10.2. The molecule has 2 aromatic carbocycles. The number of halogens is 3. The largest absolute Gasteiger partial charge is 0.416 e. The number of nitro groups is 1. The smallest absolute Gasteiger partial charge is 0.384 e. The Kier molecular flexibility index (Phi) is 5.83. The van der Waals surface area contributed by atoms with Gasteiger partial charge in [-0.05, 0) is 36.4 Å². The molecule has 0 aromatic heterocycles. The van der Waals surface area contributed by atoms with E-state index in [9.17, 15) is 31.7 Å². The molecule has 0 aliphatic rings. The minimum Gasteiger partial charge on any atom is -0.384 e. The maximum atomic E-state index is 12.5. The molecule has 0 heterocycles. The highest BCUT2D eigenvalue weighted by Crippen LogP contribution is 2.29. The van der Waals surface area contributed by atoms with Gasteiger partial charge in [0.1, 0.15) is 0 Å². The first-order chi connectivity index (χ1) is 12.1. The lowest BCUT2D eigenvalue weighted by Crippen LogP contribution is -2.29. The van der Waals surface area contributed by atoms with Crippen molar-refractivity contribution in [3.8, 4) is 0 Å². The zero-order chi connectivity index (χ0) is 19.4. The topological polar surface area (TPSA) is 101 Å². The zero-order valence-corrected chi connectivity index (χ0v) is 14.0. The summed E-state index contributed by atoms with van der Waals surface area (Å²) >= 11 is 0. The minimum atomic E-state index is -4.54. The standard InChI is InChI=1S/C15H14F3N3O4S/c16-15(17,18)11-1-7-14(8-2-11)26(24,25)20-10-9-19-12-3-5-13(6-4-12)21(22)23/h1-8,19-20H,9-10H2. The van der Waals surface area contributed by atoms with E-state index in [1.165, 1.54) is 24.3 Å². The monoisotopic (exact) mass is 389 g/mol. The molecular formula is C15H14F3N3O4S. The van der Waals surface area contributed by atoms with Crippen LogP contribution in [0.25, 0.3) is 0 Å². The Morgan fingerprint density at radius 2 is 1.54 bits per heavy atom. The number of non-ortho nitro benzene ring substituents is 1. The van der Waals surface area contributed by atoms with E-state index in [0.717, 1.165) is 12.1 Å². The van der Waals surface area contributed by atoms with Crippen molar-refractivity contribution in [1.82, 2.24) is 4.72 Å². The molecule has 0 atom stereocenters. The van der Waals surface area contributed by atoms with Crippen LogP contribution in [0.3, 0.4) is 0 Å². The first-order valence-electron chi connectivity index (χ1n) is 7.25. The van der Waals surface area contributed by atoms with Gasteiger partial charge in [-0.15, -0.1) is 0 Å². The van der Waals surface area contributed by atoms with Crippen molar-refractivity contribution in [1.29, 1.82) is 0 Å². The van der Waals surface area contributed by atoms with Gasteiger partial charge in [-0.1, -0.05) is 0 Å². The van der Waals surface area contributed by atoms with Gasteiger partial charge in [0.05, 0.1) is 15.4 Å². The van der Waals surface area contributed by atoms with Crippen LogP contribution in [-0.4, -0.2) is 26.4 Å². The Labute approximate surface area is 147 Å². The molecule has 0 unspecified atom stereocenters. The van der Waals surface area contributed by atoms with Crippen LogP contribution >= 0.6 is 0 Å². The van der Waals surface area contributed by atoms with Crippen molar-refractivity contribution >= 4 is 21.4 Å². The molecule has 0 saturated carbocycles. The fourth-order valence-electron chi connectivity index (χ4n) is 2.00. The molecule has 7 nitrogen and oxygen atoms in total. The summed E-state index contributed by atoms with van der Waals surface area (Å²) in [6.45, 7) is 0.151. The Hall–Kier alpha value is -2.66. The van der Waals surface area contributed by atoms with Crippen LogP contribution in [-0.2, 0) is 16.2 Å². The molecule has 2 aromatic rings. The number of benzene rings is 2. The molecule has 0 amide bonds. The maximum absolute atomic E-state index is 12.5. The lowest BCUT2D eigenvalue weighted by molar-refractivity contribution is -0.384. The third-order valence-corrected chi connectivity index (χ3v) is 4.79. The van der Waals surface area contributed by atoms with Gasteiger partial charge in [0.15, 0.2) is 0 Å². The quantitative estimate of drug-likeness (QED) is 0.431. The first-order valence-corrected chi connectivity index (χ1v) is 8.73. The highest BCUT2D eigenvalue weighted by molar-refractivity contribution is 7.89. The molecule has 0 saturated heterocycles. The fourth-order valence-corrected chi connectivity index (χ4v) is 3.03.